The van der Waals surface area contributed by atoms with Crippen LogP contribution in [0.4, 0.5) is 29.3 Å². The quantitative estimate of drug-likeness (QED) is 0.279. The highest BCUT2D eigenvalue weighted by molar-refractivity contribution is 9.10. The molecule has 0 atom stereocenters. The van der Waals surface area contributed by atoms with Crippen molar-refractivity contribution in [2.75, 3.05) is 17.2 Å². The van der Waals surface area contributed by atoms with Gasteiger partial charge in [-0.05, 0) is 65.3 Å². The summed E-state index contributed by atoms with van der Waals surface area (Å²) in [6, 6.07) is 8.13. The fourth-order valence-corrected chi connectivity index (χ4v) is 4.02. The van der Waals surface area contributed by atoms with E-state index < -0.39 is 23.7 Å². The molecule has 2 heterocycles. The van der Waals surface area contributed by atoms with Gasteiger partial charge in [-0.1, -0.05) is 0 Å². The van der Waals surface area contributed by atoms with Gasteiger partial charge < -0.3 is 19.8 Å². The van der Waals surface area contributed by atoms with Crippen molar-refractivity contribution in [2.24, 2.45) is 7.05 Å². The van der Waals surface area contributed by atoms with E-state index in [9.17, 15) is 22.8 Å². The summed E-state index contributed by atoms with van der Waals surface area (Å²) in [7, 11) is 1.72. The molecule has 2 amide bonds. The van der Waals surface area contributed by atoms with Gasteiger partial charge in [0.15, 0.2) is 0 Å². The standard InChI is InChI=1S/C23H18BrF3N4O4/c1-3-34-21(32)18-9-12-8-15(10-16(20(12)35-18)19-17(24)11-28-31(19)2)30-22(33)29-14-6-4-13(5-7-14)23(25,26)27/h4-11H,3H2,1-2H3,(H2,29,30,33). The molecule has 0 unspecified atom stereocenters. The third kappa shape index (κ3) is 5.16. The Morgan fingerprint density at radius 2 is 1.80 bits per heavy atom. The van der Waals surface area contributed by atoms with E-state index in [4.69, 9.17) is 9.15 Å². The summed E-state index contributed by atoms with van der Waals surface area (Å²) in [5.74, 6) is -0.638. The number of aryl methyl sites for hydroxylation is 1. The number of halogens is 4. The van der Waals surface area contributed by atoms with Gasteiger partial charge in [0, 0.05) is 29.4 Å². The summed E-state index contributed by atoms with van der Waals surface area (Å²) in [4.78, 5) is 24.8. The highest BCUT2D eigenvalue weighted by Crippen LogP contribution is 2.37. The SMILES string of the molecule is CCOC(=O)c1cc2cc(NC(=O)Nc3ccc(C(F)(F)F)cc3)cc(-c3c(Br)cnn3C)c2o1. The molecular weight excluding hydrogens is 533 g/mol. The molecule has 0 fully saturated rings. The number of esters is 1. The zero-order valence-corrected chi connectivity index (χ0v) is 20.0. The smallest absolute Gasteiger partial charge is 0.416 e. The van der Waals surface area contributed by atoms with E-state index in [1.807, 2.05) is 0 Å². The van der Waals surface area contributed by atoms with E-state index in [0.29, 0.717) is 32.4 Å². The molecule has 12 heteroatoms. The fourth-order valence-electron chi connectivity index (χ4n) is 3.45. The molecule has 4 aromatic rings. The predicted octanol–water partition coefficient (Wildman–Crippen LogP) is 6.44. The Hall–Kier alpha value is -3.80. The van der Waals surface area contributed by atoms with E-state index in [-0.39, 0.29) is 18.1 Å². The lowest BCUT2D eigenvalue weighted by Gasteiger charge is -2.11. The summed E-state index contributed by atoms with van der Waals surface area (Å²) in [5.41, 5.74) is 1.25. The monoisotopic (exact) mass is 550 g/mol. The van der Waals surface area contributed by atoms with Crippen LogP contribution in [0, 0.1) is 0 Å². The normalized spacial score (nSPS) is 11.5. The predicted molar refractivity (Wildman–Crippen MR) is 126 cm³/mol. The molecular formula is C23H18BrF3N4O4. The maximum Gasteiger partial charge on any atom is 0.416 e. The second-order valence-electron chi connectivity index (χ2n) is 7.39. The average molecular weight is 551 g/mol. The van der Waals surface area contributed by atoms with Crippen molar-refractivity contribution >= 4 is 50.3 Å². The number of alkyl halides is 3. The molecule has 0 aliphatic heterocycles. The van der Waals surface area contributed by atoms with Crippen LogP contribution in [-0.2, 0) is 18.0 Å². The van der Waals surface area contributed by atoms with Crippen LogP contribution in [0.2, 0.25) is 0 Å². The summed E-state index contributed by atoms with van der Waals surface area (Å²) >= 11 is 3.44. The van der Waals surface area contributed by atoms with Crippen molar-refractivity contribution in [3.63, 3.8) is 0 Å². The highest BCUT2D eigenvalue weighted by Gasteiger charge is 2.30. The summed E-state index contributed by atoms with van der Waals surface area (Å²) < 4.78 is 51.3. The first kappa shape index (κ1) is 24.3. The van der Waals surface area contributed by atoms with Gasteiger partial charge in [0.2, 0.25) is 5.76 Å². The van der Waals surface area contributed by atoms with Gasteiger partial charge in [-0.3, -0.25) is 4.68 Å². The summed E-state index contributed by atoms with van der Waals surface area (Å²) in [6.07, 6.45) is -2.88. The van der Waals surface area contributed by atoms with Gasteiger partial charge in [0.1, 0.15) is 5.58 Å². The van der Waals surface area contributed by atoms with E-state index in [2.05, 4.69) is 31.7 Å². The number of furan rings is 1. The number of carbonyl (C=O) groups excluding carboxylic acids is 2. The van der Waals surface area contributed by atoms with Gasteiger partial charge in [-0.25, -0.2) is 9.59 Å². The zero-order chi connectivity index (χ0) is 25.3. The van der Waals surface area contributed by atoms with Crippen LogP contribution < -0.4 is 10.6 Å². The number of rotatable bonds is 5. The number of carbonyl (C=O) groups is 2. The Kier molecular flexibility index (Phi) is 6.57. The van der Waals surface area contributed by atoms with Crippen LogP contribution in [0.3, 0.4) is 0 Å². The molecule has 0 saturated carbocycles. The maximum absolute atomic E-state index is 12.8. The molecule has 0 saturated heterocycles. The van der Waals surface area contributed by atoms with Crippen molar-refractivity contribution in [2.45, 2.75) is 13.1 Å². The van der Waals surface area contributed by atoms with Crippen LogP contribution in [-0.4, -0.2) is 28.4 Å². The number of hydrogen-bond acceptors (Lipinski definition) is 5. The third-order valence-corrected chi connectivity index (χ3v) is 5.55. The van der Waals surface area contributed by atoms with E-state index in [1.54, 1.807) is 37.0 Å². The van der Waals surface area contributed by atoms with Gasteiger partial charge in [-0.2, -0.15) is 18.3 Å². The molecule has 0 spiro atoms. The Labute approximate surface area is 205 Å². The van der Waals surface area contributed by atoms with Crippen molar-refractivity contribution in [3.05, 3.63) is 64.5 Å². The highest BCUT2D eigenvalue weighted by atomic mass is 79.9. The molecule has 0 bridgehead atoms. The molecule has 8 nitrogen and oxygen atoms in total. The lowest BCUT2D eigenvalue weighted by Crippen LogP contribution is -2.19. The second kappa shape index (κ2) is 9.45. The summed E-state index contributed by atoms with van der Waals surface area (Å²) in [5, 5.41) is 9.87. The van der Waals surface area contributed by atoms with Gasteiger partial charge in [-0.15, -0.1) is 0 Å². The number of nitrogens with zero attached hydrogens (tertiary/aromatic N) is 2. The van der Waals surface area contributed by atoms with Crippen LogP contribution in [0.1, 0.15) is 23.0 Å². The number of benzene rings is 2. The minimum absolute atomic E-state index is 0.00672. The van der Waals surface area contributed by atoms with Crippen LogP contribution in [0.15, 0.2) is 57.6 Å². The molecule has 0 aliphatic rings. The topological polar surface area (TPSA) is 98.4 Å². The van der Waals surface area contributed by atoms with E-state index in [0.717, 1.165) is 24.3 Å². The van der Waals surface area contributed by atoms with Gasteiger partial charge in [0.05, 0.1) is 28.5 Å². The molecule has 2 N–H and O–H groups in total. The lowest BCUT2D eigenvalue weighted by molar-refractivity contribution is -0.137. The van der Waals surface area contributed by atoms with Crippen LogP contribution >= 0.6 is 15.9 Å². The largest absolute Gasteiger partial charge is 0.460 e. The first-order chi connectivity index (χ1) is 16.6. The Bertz CT molecular complexity index is 1390. The number of urea groups is 1. The number of aromatic nitrogens is 2. The molecule has 2 aromatic carbocycles. The van der Waals surface area contributed by atoms with Gasteiger partial charge in [0.25, 0.3) is 0 Å². The Balaban J connectivity index is 1.67. The minimum Gasteiger partial charge on any atom is -0.460 e. The first-order valence-electron chi connectivity index (χ1n) is 10.2. The van der Waals surface area contributed by atoms with Crippen LogP contribution in [0.5, 0.6) is 0 Å². The number of ether oxygens (including phenoxy) is 1. The summed E-state index contributed by atoms with van der Waals surface area (Å²) in [6.45, 7) is 1.85. The number of amides is 2. The lowest BCUT2D eigenvalue weighted by atomic mass is 10.1. The Morgan fingerprint density at radius 1 is 1.11 bits per heavy atom. The van der Waals surface area contributed by atoms with Crippen molar-refractivity contribution < 1.29 is 31.9 Å². The van der Waals surface area contributed by atoms with Crippen molar-refractivity contribution in [1.82, 2.24) is 9.78 Å². The first-order valence-corrected chi connectivity index (χ1v) is 11.0. The van der Waals surface area contributed by atoms with Crippen molar-refractivity contribution in [1.29, 1.82) is 0 Å². The average Bonchev–Trinajstić information content (AvgIpc) is 3.36. The van der Waals surface area contributed by atoms with Crippen LogP contribution in [0.25, 0.3) is 22.2 Å². The number of anilines is 2. The zero-order valence-electron chi connectivity index (χ0n) is 18.4. The fraction of sp³-hybridized carbons (Fsp3) is 0.174. The molecule has 35 heavy (non-hydrogen) atoms. The van der Waals surface area contributed by atoms with E-state index >= 15 is 0 Å². The van der Waals surface area contributed by atoms with E-state index in [1.165, 1.54) is 6.07 Å². The number of hydrogen-bond donors (Lipinski definition) is 2. The van der Waals surface area contributed by atoms with Gasteiger partial charge >= 0.3 is 18.2 Å². The molecule has 182 valence electrons. The van der Waals surface area contributed by atoms with Crippen molar-refractivity contribution in [3.8, 4) is 11.3 Å². The molecule has 0 radical (unpaired) electrons. The molecule has 0 aliphatic carbocycles. The number of fused-ring (bicyclic) bond motifs is 1. The Morgan fingerprint density at radius 3 is 2.40 bits per heavy atom. The maximum atomic E-state index is 12.8. The second-order valence-corrected chi connectivity index (χ2v) is 8.25. The third-order valence-electron chi connectivity index (χ3n) is 4.97. The molecule has 4 rings (SSSR count). The molecule has 2 aromatic heterocycles. The minimum atomic E-state index is -4.47. The number of nitrogens with one attached hydrogen (secondary N) is 2.